The normalized spacial score (nSPS) is 36.1. The number of furan rings is 1. The highest BCUT2D eigenvalue weighted by Crippen LogP contribution is 2.60. The number of nitrogens with zero attached hydrogens (tertiary/aromatic N) is 1. The Morgan fingerprint density at radius 1 is 1.26 bits per heavy atom. The van der Waals surface area contributed by atoms with Gasteiger partial charge in [-0.2, -0.15) is 5.01 Å². The van der Waals surface area contributed by atoms with Crippen LogP contribution in [0.15, 0.2) is 26.1 Å². The third kappa shape index (κ3) is 3.09. The maximum Gasteiger partial charge on any atom is 0.285 e. The first-order chi connectivity index (χ1) is 12.9. The van der Waals surface area contributed by atoms with Gasteiger partial charge >= 0.3 is 0 Å². The molecule has 1 aromatic heterocycles. The summed E-state index contributed by atoms with van der Waals surface area (Å²) in [6, 6.07) is 3.53. The first kappa shape index (κ1) is 17.9. The minimum absolute atomic E-state index is 0.0279. The first-order valence-corrected chi connectivity index (χ1v) is 11.3. The van der Waals surface area contributed by atoms with Gasteiger partial charge in [-0.1, -0.05) is 11.8 Å². The summed E-state index contributed by atoms with van der Waals surface area (Å²) in [6.07, 6.45) is 8.34. The summed E-state index contributed by atoms with van der Waals surface area (Å²) in [7, 11) is 0. The molecule has 4 saturated carbocycles. The molecule has 0 aromatic carbocycles. The molecule has 6 rings (SSSR count). The highest BCUT2D eigenvalue weighted by atomic mass is 79.9. The quantitative estimate of drug-likeness (QED) is 0.524. The number of nitrogens with one attached hydrogen (secondary N) is 1. The molecule has 2 amide bonds. The Morgan fingerprint density at radius 2 is 1.89 bits per heavy atom. The number of thioether (sulfide) groups is 1. The van der Waals surface area contributed by atoms with Gasteiger partial charge in [0.25, 0.3) is 5.91 Å². The fraction of sp³-hybridized carbons (Fsp3) is 0.526. The van der Waals surface area contributed by atoms with Gasteiger partial charge in [0.1, 0.15) is 5.76 Å². The molecule has 0 unspecified atom stereocenters. The van der Waals surface area contributed by atoms with Crippen LogP contribution in [-0.2, 0) is 9.59 Å². The van der Waals surface area contributed by atoms with Crippen molar-refractivity contribution in [3.63, 3.8) is 0 Å². The van der Waals surface area contributed by atoms with Crippen molar-refractivity contribution in [2.45, 2.75) is 38.5 Å². The minimum atomic E-state index is -0.312. The van der Waals surface area contributed by atoms with Crippen LogP contribution in [-0.4, -0.2) is 21.1 Å². The summed E-state index contributed by atoms with van der Waals surface area (Å²) in [5.74, 6) is 2.26. The van der Waals surface area contributed by atoms with Gasteiger partial charge in [-0.25, -0.2) is 0 Å². The predicted octanol–water partition coefficient (Wildman–Crippen LogP) is 4.49. The van der Waals surface area contributed by atoms with Crippen molar-refractivity contribution >= 4 is 62.1 Å². The van der Waals surface area contributed by atoms with Crippen LogP contribution in [0.3, 0.4) is 0 Å². The third-order valence-corrected chi connectivity index (χ3v) is 8.12. The SMILES string of the molecule is O=C1C(=Cc2ccc(Br)o2)SC(=S)N1NC(=O)C12CC3CC(CC(C3)C1)C2. The van der Waals surface area contributed by atoms with Crippen molar-refractivity contribution < 1.29 is 14.0 Å². The zero-order chi connectivity index (χ0) is 18.8. The van der Waals surface area contributed by atoms with Crippen LogP contribution in [0.1, 0.15) is 44.3 Å². The monoisotopic (exact) mass is 466 g/mol. The van der Waals surface area contributed by atoms with Gasteiger partial charge in [-0.05, 0) is 96.6 Å². The van der Waals surface area contributed by atoms with Crippen LogP contribution in [0.4, 0.5) is 0 Å². The van der Waals surface area contributed by atoms with Crippen molar-refractivity contribution in [1.82, 2.24) is 10.4 Å². The lowest BCUT2D eigenvalue weighted by atomic mass is 9.49. The van der Waals surface area contributed by atoms with E-state index in [0.717, 1.165) is 19.3 Å². The molecule has 5 nitrogen and oxygen atoms in total. The molecule has 142 valence electrons. The third-order valence-electron chi connectivity index (χ3n) is 6.39. The number of rotatable bonds is 3. The highest BCUT2D eigenvalue weighted by molar-refractivity contribution is 9.10. The van der Waals surface area contributed by atoms with E-state index in [0.29, 0.717) is 37.4 Å². The second-order valence-corrected chi connectivity index (χ2v) is 10.8. The van der Waals surface area contributed by atoms with Crippen LogP contribution >= 0.6 is 39.9 Å². The maximum absolute atomic E-state index is 13.2. The van der Waals surface area contributed by atoms with E-state index in [1.807, 2.05) is 0 Å². The molecule has 2 heterocycles. The van der Waals surface area contributed by atoms with Gasteiger partial charge in [-0.3, -0.25) is 15.0 Å². The molecule has 1 N–H and O–H groups in total. The average Bonchev–Trinajstić information content (AvgIpc) is 3.12. The molecule has 5 fully saturated rings. The van der Waals surface area contributed by atoms with E-state index >= 15 is 0 Å². The minimum Gasteiger partial charge on any atom is -0.450 e. The van der Waals surface area contributed by atoms with Crippen molar-refractivity contribution in [2.75, 3.05) is 0 Å². The zero-order valence-corrected chi connectivity index (χ0v) is 17.8. The molecule has 0 radical (unpaired) electrons. The maximum atomic E-state index is 13.2. The van der Waals surface area contributed by atoms with Crippen LogP contribution in [0.5, 0.6) is 0 Å². The molecule has 8 heteroatoms. The fourth-order valence-electron chi connectivity index (χ4n) is 5.71. The Kier molecular flexibility index (Phi) is 4.29. The average molecular weight is 467 g/mol. The second kappa shape index (κ2) is 6.46. The summed E-state index contributed by atoms with van der Waals surface area (Å²) >= 11 is 9.78. The number of thiocarbonyl (C=S) groups is 1. The topological polar surface area (TPSA) is 62.6 Å². The van der Waals surface area contributed by atoms with E-state index in [4.69, 9.17) is 16.6 Å². The molecule has 4 aliphatic carbocycles. The molecule has 1 aromatic rings. The summed E-state index contributed by atoms with van der Waals surface area (Å²) in [4.78, 5) is 26.4. The fourth-order valence-corrected chi connectivity index (χ4v) is 7.19. The second-order valence-electron chi connectivity index (χ2n) is 8.30. The standard InChI is InChI=1S/C19H19BrN2O3S2/c20-15-2-1-13(25-15)6-14-16(23)22(18(26)27-14)21-17(24)19-7-10-3-11(8-19)5-12(4-10)9-19/h1-2,6,10-12H,3-5,7-9H2,(H,21,24). The summed E-state index contributed by atoms with van der Waals surface area (Å²) in [5, 5.41) is 1.24. The van der Waals surface area contributed by atoms with E-state index in [2.05, 4.69) is 21.4 Å². The number of carbonyl (C=O) groups excluding carboxylic acids is 2. The number of hydrogen-bond acceptors (Lipinski definition) is 5. The van der Waals surface area contributed by atoms with E-state index < -0.39 is 0 Å². The number of hydrazine groups is 1. The van der Waals surface area contributed by atoms with Crippen LogP contribution in [0.25, 0.3) is 6.08 Å². The number of hydrogen-bond donors (Lipinski definition) is 1. The molecule has 1 saturated heterocycles. The molecule has 0 atom stereocenters. The largest absolute Gasteiger partial charge is 0.450 e. The molecule has 0 spiro atoms. The van der Waals surface area contributed by atoms with Gasteiger partial charge in [-0.15, -0.1) is 0 Å². The van der Waals surface area contributed by atoms with E-state index in [9.17, 15) is 9.59 Å². The molecular formula is C19H19BrN2O3S2. The van der Waals surface area contributed by atoms with Crippen LogP contribution in [0, 0.1) is 23.2 Å². The van der Waals surface area contributed by atoms with Crippen molar-refractivity contribution in [3.05, 3.63) is 27.5 Å². The number of amides is 2. The Hall–Kier alpha value is -1.12. The lowest BCUT2D eigenvalue weighted by Crippen LogP contribution is -2.57. The Morgan fingerprint density at radius 3 is 2.44 bits per heavy atom. The van der Waals surface area contributed by atoms with Gasteiger partial charge < -0.3 is 4.42 Å². The van der Waals surface area contributed by atoms with Gasteiger partial charge in [0.15, 0.2) is 8.99 Å². The Balaban J connectivity index is 1.33. The highest BCUT2D eigenvalue weighted by Gasteiger charge is 2.55. The van der Waals surface area contributed by atoms with Crippen molar-refractivity contribution in [1.29, 1.82) is 0 Å². The smallest absolute Gasteiger partial charge is 0.285 e. The van der Waals surface area contributed by atoms with Crippen molar-refractivity contribution in [2.24, 2.45) is 23.2 Å². The Labute approximate surface area is 175 Å². The van der Waals surface area contributed by atoms with E-state index in [1.165, 1.54) is 36.0 Å². The van der Waals surface area contributed by atoms with Gasteiger partial charge in [0, 0.05) is 6.08 Å². The molecule has 4 bridgehead atoms. The summed E-state index contributed by atoms with van der Waals surface area (Å²) in [6.45, 7) is 0. The summed E-state index contributed by atoms with van der Waals surface area (Å²) < 4.78 is 6.39. The van der Waals surface area contributed by atoms with Crippen molar-refractivity contribution in [3.8, 4) is 0 Å². The first-order valence-electron chi connectivity index (χ1n) is 9.26. The zero-order valence-electron chi connectivity index (χ0n) is 14.6. The molecule has 5 aliphatic rings. The van der Waals surface area contributed by atoms with E-state index in [1.54, 1.807) is 18.2 Å². The number of halogens is 1. The van der Waals surface area contributed by atoms with Crippen LogP contribution < -0.4 is 5.43 Å². The lowest BCUT2D eigenvalue weighted by Gasteiger charge is -2.55. The van der Waals surface area contributed by atoms with Crippen LogP contribution in [0.2, 0.25) is 0 Å². The molecule has 1 aliphatic heterocycles. The molecular weight excluding hydrogens is 448 g/mol. The summed E-state index contributed by atoms with van der Waals surface area (Å²) in [5.41, 5.74) is 2.55. The van der Waals surface area contributed by atoms with Gasteiger partial charge in [0.2, 0.25) is 5.91 Å². The molecule has 27 heavy (non-hydrogen) atoms. The van der Waals surface area contributed by atoms with E-state index in [-0.39, 0.29) is 17.2 Å². The number of carbonyl (C=O) groups is 2. The Bertz CT molecular complexity index is 843. The van der Waals surface area contributed by atoms with Gasteiger partial charge in [0.05, 0.1) is 10.3 Å². The lowest BCUT2D eigenvalue weighted by molar-refractivity contribution is -0.152. The predicted molar refractivity (Wildman–Crippen MR) is 110 cm³/mol.